The molecular weight excluding hydrogens is 222 g/mol. The van der Waals surface area contributed by atoms with Crippen LogP contribution in [0.4, 0.5) is 0 Å². The molecule has 0 fully saturated rings. The zero-order chi connectivity index (χ0) is 12.8. The molecule has 0 heterocycles. The SMILES string of the molecule is C#Cc1cccc(O/C(NN)=C(/N)C(=O)O)c1. The average Bonchev–Trinajstić information content (AvgIpc) is 2.35. The van der Waals surface area contributed by atoms with Gasteiger partial charge >= 0.3 is 5.97 Å². The number of hydrazine groups is 1. The smallest absolute Gasteiger partial charge is 0.357 e. The largest absolute Gasteiger partial charge is 0.476 e. The molecule has 0 amide bonds. The van der Waals surface area contributed by atoms with Gasteiger partial charge in [0.1, 0.15) is 5.75 Å². The lowest BCUT2D eigenvalue weighted by Crippen LogP contribution is -2.31. The number of rotatable bonds is 4. The predicted octanol–water partition coefficient (Wildman–Crippen LogP) is -0.278. The first kappa shape index (κ1) is 12.4. The fraction of sp³-hybridized carbons (Fsp3) is 0. The van der Waals surface area contributed by atoms with Crippen LogP contribution in [0.25, 0.3) is 0 Å². The molecule has 0 spiro atoms. The highest BCUT2D eigenvalue weighted by Gasteiger charge is 2.12. The maximum Gasteiger partial charge on any atom is 0.357 e. The number of ether oxygens (including phenoxy) is 1. The Morgan fingerprint density at radius 1 is 1.53 bits per heavy atom. The zero-order valence-electron chi connectivity index (χ0n) is 8.81. The van der Waals surface area contributed by atoms with E-state index < -0.39 is 11.7 Å². The molecule has 6 nitrogen and oxygen atoms in total. The highest BCUT2D eigenvalue weighted by molar-refractivity contribution is 5.85. The summed E-state index contributed by atoms with van der Waals surface area (Å²) < 4.78 is 5.17. The Morgan fingerprint density at radius 3 is 2.76 bits per heavy atom. The van der Waals surface area contributed by atoms with Crippen molar-refractivity contribution < 1.29 is 14.6 Å². The zero-order valence-corrected chi connectivity index (χ0v) is 8.81. The standard InChI is InChI=1S/C11H11N3O3/c1-2-7-4-3-5-8(6-7)17-10(14-13)9(12)11(15)16/h1,3-6,14H,12-13H2,(H,15,16)/b10-9+. The van der Waals surface area contributed by atoms with Gasteiger partial charge in [-0.1, -0.05) is 12.0 Å². The third-order valence-corrected chi connectivity index (χ3v) is 1.83. The first-order valence-corrected chi connectivity index (χ1v) is 4.52. The molecular formula is C11H11N3O3. The summed E-state index contributed by atoms with van der Waals surface area (Å²) in [6.45, 7) is 0. The third kappa shape index (κ3) is 3.15. The number of terminal acetylenes is 1. The quantitative estimate of drug-likeness (QED) is 0.187. The summed E-state index contributed by atoms with van der Waals surface area (Å²) in [7, 11) is 0. The second-order valence-electron chi connectivity index (χ2n) is 2.97. The van der Waals surface area contributed by atoms with Crippen LogP contribution >= 0.6 is 0 Å². The second kappa shape index (κ2) is 5.44. The molecule has 0 saturated carbocycles. The Labute approximate surface area is 97.8 Å². The van der Waals surface area contributed by atoms with Gasteiger partial charge in [-0.3, -0.25) is 5.43 Å². The van der Waals surface area contributed by atoms with Crippen molar-refractivity contribution in [2.24, 2.45) is 11.6 Å². The highest BCUT2D eigenvalue weighted by atomic mass is 16.5. The number of carboxylic acid groups (broad SMARTS) is 1. The minimum absolute atomic E-state index is 0.258. The predicted molar refractivity (Wildman–Crippen MR) is 61.2 cm³/mol. The van der Waals surface area contributed by atoms with Gasteiger partial charge in [-0.2, -0.15) is 0 Å². The summed E-state index contributed by atoms with van der Waals surface area (Å²) in [5.74, 6) is 6.26. The van der Waals surface area contributed by atoms with Gasteiger partial charge in [0, 0.05) is 5.56 Å². The van der Waals surface area contributed by atoms with Gasteiger partial charge in [-0.15, -0.1) is 6.42 Å². The average molecular weight is 233 g/mol. The van der Waals surface area contributed by atoms with Gasteiger partial charge in [0.05, 0.1) is 0 Å². The number of hydrogen-bond donors (Lipinski definition) is 4. The summed E-state index contributed by atoms with van der Waals surface area (Å²) in [6, 6.07) is 6.50. The summed E-state index contributed by atoms with van der Waals surface area (Å²) in [6.07, 6.45) is 5.21. The number of benzene rings is 1. The van der Waals surface area contributed by atoms with E-state index >= 15 is 0 Å². The van der Waals surface area contributed by atoms with Gasteiger partial charge in [0.2, 0.25) is 5.88 Å². The molecule has 1 rings (SSSR count). The first-order chi connectivity index (χ1) is 8.08. The molecule has 0 bridgehead atoms. The molecule has 1 aromatic rings. The Bertz CT molecular complexity index is 503. The number of carbonyl (C=O) groups is 1. The molecule has 0 aliphatic carbocycles. The molecule has 0 aliphatic rings. The molecule has 0 aromatic heterocycles. The van der Waals surface area contributed by atoms with Crippen molar-refractivity contribution in [1.82, 2.24) is 5.43 Å². The van der Waals surface area contributed by atoms with E-state index in [0.717, 1.165) is 0 Å². The number of carboxylic acids is 1. The fourth-order valence-electron chi connectivity index (χ4n) is 1.03. The monoisotopic (exact) mass is 233 g/mol. The lowest BCUT2D eigenvalue weighted by Gasteiger charge is -2.10. The van der Waals surface area contributed by atoms with E-state index in [4.69, 9.17) is 27.8 Å². The van der Waals surface area contributed by atoms with Crippen LogP contribution in [-0.4, -0.2) is 11.1 Å². The second-order valence-corrected chi connectivity index (χ2v) is 2.97. The Kier molecular flexibility index (Phi) is 3.97. The fourth-order valence-corrected chi connectivity index (χ4v) is 1.03. The van der Waals surface area contributed by atoms with Crippen molar-refractivity contribution in [3.63, 3.8) is 0 Å². The molecule has 1 aromatic carbocycles. The van der Waals surface area contributed by atoms with Crippen molar-refractivity contribution in [3.8, 4) is 18.1 Å². The van der Waals surface area contributed by atoms with Crippen LogP contribution in [0, 0.1) is 12.3 Å². The Balaban J connectivity index is 3.00. The molecule has 6 heteroatoms. The van der Waals surface area contributed by atoms with Crippen LogP contribution < -0.4 is 21.7 Å². The first-order valence-electron chi connectivity index (χ1n) is 4.52. The van der Waals surface area contributed by atoms with Crippen LogP contribution in [0.2, 0.25) is 0 Å². The minimum Gasteiger partial charge on any atom is -0.476 e. The molecule has 0 aliphatic heterocycles. The van der Waals surface area contributed by atoms with Gasteiger partial charge in [-0.05, 0) is 18.2 Å². The van der Waals surface area contributed by atoms with E-state index in [-0.39, 0.29) is 5.88 Å². The van der Waals surface area contributed by atoms with E-state index in [9.17, 15) is 4.79 Å². The highest BCUT2D eigenvalue weighted by Crippen LogP contribution is 2.15. The number of hydrogen-bond acceptors (Lipinski definition) is 5. The van der Waals surface area contributed by atoms with Gasteiger partial charge in [0.25, 0.3) is 0 Å². The van der Waals surface area contributed by atoms with Crippen molar-refractivity contribution in [1.29, 1.82) is 0 Å². The normalized spacial score (nSPS) is 11.1. The lowest BCUT2D eigenvalue weighted by atomic mass is 10.2. The van der Waals surface area contributed by atoms with Crippen LogP contribution in [0.15, 0.2) is 35.8 Å². The van der Waals surface area contributed by atoms with E-state index in [0.29, 0.717) is 11.3 Å². The van der Waals surface area contributed by atoms with Crippen molar-refractivity contribution in [3.05, 3.63) is 41.4 Å². The Morgan fingerprint density at radius 2 is 2.24 bits per heavy atom. The van der Waals surface area contributed by atoms with Crippen LogP contribution in [-0.2, 0) is 4.79 Å². The molecule has 0 unspecified atom stereocenters. The minimum atomic E-state index is -1.34. The van der Waals surface area contributed by atoms with Crippen molar-refractivity contribution in [2.45, 2.75) is 0 Å². The summed E-state index contributed by atoms with van der Waals surface area (Å²) in [5, 5.41) is 8.67. The van der Waals surface area contributed by atoms with Crippen molar-refractivity contribution >= 4 is 5.97 Å². The van der Waals surface area contributed by atoms with E-state index in [1.807, 2.05) is 0 Å². The van der Waals surface area contributed by atoms with Crippen LogP contribution in [0.3, 0.4) is 0 Å². The topological polar surface area (TPSA) is 111 Å². The van der Waals surface area contributed by atoms with Crippen molar-refractivity contribution in [2.75, 3.05) is 0 Å². The molecule has 88 valence electrons. The maximum absolute atomic E-state index is 10.6. The summed E-state index contributed by atoms with van der Waals surface area (Å²) in [5.41, 5.74) is 7.39. The van der Waals surface area contributed by atoms with Gasteiger partial charge in [-0.25, -0.2) is 10.6 Å². The lowest BCUT2D eigenvalue weighted by molar-refractivity contribution is -0.132. The molecule has 0 radical (unpaired) electrons. The summed E-state index contributed by atoms with van der Waals surface area (Å²) in [4.78, 5) is 10.6. The van der Waals surface area contributed by atoms with E-state index in [1.165, 1.54) is 0 Å². The van der Waals surface area contributed by atoms with Gasteiger partial charge in [0.15, 0.2) is 5.70 Å². The number of nitrogens with two attached hydrogens (primary N) is 2. The van der Waals surface area contributed by atoms with Crippen LogP contribution in [0.1, 0.15) is 5.56 Å². The number of aliphatic carboxylic acids is 1. The Hall–Kier alpha value is -2.65. The molecule has 6 N–H and O–H groups in total. The molecule has 0 atom stereocenters. The maximum atomic E-state index is 10.6. The van der Waals surface area contributed by atoms with E-state index in [1.54, 1.807) is 24.3 Å². The third-order valence-electron chi connectivity index (χ3n) is 1.83. The molecule has 0 saturated heterocycles. The molecule has 17 heavy (non-hydrogen) atoms. The van der Waals surface area contributed by atoms with Crippen LogP contribution in [0.5, 0.6) is 5.75 Å². The van der Waals surface area contributed by atoms with E-state index in [2.05, 4.69) is 11.3 Å². The van der Waals surface area contributed by atoms with Gasteiger partial charge < -0.3 is 15.6 Å². The number of nitrogens with one attached hydrogen (secondary N) is 1. The summed E-state index contributed by atoms with van der Waals surface area (Å²) >= 11 is 0.